The lowest BCUT2D eigenvalue weighted by atomic mass is 9.75. The van der Waals surface area contributed by atoms with Crippen molar-refractivity contribution >= 4 is 10.8 Å². The van der Waals surface area contributed by atoms with E-state index in [1.165, 1.54) is 50.6 Å². The van der Waals surface area contributed by atoms with Gasteiger partial charge in [-0.25, -0.2) is 0 Å². The topological polar surface area (TPSA) is 0 Å². The first-order chi connectivity index (χ1) is 12.7. The molecule has 0 aliphatic heterocycles. The van der Waals surface area contributed by atoms with Gasteiger partial charge in [-0.15, -0.1) is 0 Å². The molecule has 26 heavy (non-hydrogen) atoms. The zero-order valence-electron chi connectivity index (χ0n) is 15.5. The molecule has 3 aromatic carbocycles. The van der Waals surface area contributed by atoms with Crippen molar-refractivity contribution in [2.45, 2.75) is 38.5 Å². The predicted octanol–water partition coefficient (Wildman–Crippen LogP) is 7.02. The Balaban J connectivity index is 1.96. The maximum absolute atomic E-state index is 2.46. The van der Waals surface area contributed by atoms with Crippen LogP contribution in [-0.4, -0.2) is 0 Å². The summed E-state index contributed by atoms with van der Waals surface area (Å²) in [7, 11) is 0. The Kier molecular flexibility index (Phi) is 3.43. The fourth-order valence-corrected chi connectivity index (χ4v) is 4.84. The van der Waals surface area contributed by atoms with E-state index in [0.29, 0.717) is 0 Å². The van der Waals surface area contributed by atoms with Crippen molar-refractivity contribution in [2.75, 3.05) is 0 Å². The second kappa shape index (κ2) is 5.71. The highest BCUT2D eigenvalue weighted by atomic mass is 14.4. The smallest absolute Gasteiger partial charge is 0.0575 e. The van der Waals surface area contributed by atoms with Gasteiger partial charge in [-0.1, -0.05) is 78.4 Å². The largest absolute Gasteiger partial charge is 0.0870 e. The second-order valence-corrected chi connectivity index (χ2v) is 7.82. The van der Waals surface area contributed by atoms with Crippen LogP contribution in [0.4, 0.5) is 0 Å². The van der Waals surface area contributed by atoms with Crippen LogP contribution in [0.2, 0.25) is 0 Å². The molecule has 0 nitrogen and oxygen atoms in total. The van der Waals surface area contributed by atoms with Crippen LogP contribution in [0.5, 0.6) is 0 Å². The summed E-state index contributed by atoms with van der Waals surface area (Å²) in [6.45, 7) is 4.46. The number of hydrogen-bond acceptors (Lipinski definition) is 0. The van der Waals surface area contributed by atoms with Gasteiger partial charge in [-0.2, -0.15) is 0 Å². The molecule has 0 unspecified atom stereocenters. The Labute approximate surface area is 155 Å². The van der Waals surface area contributed by atoms with E-state index in [0.717, 1.165) is 12.8 Å². The lowest BCUT2D eigenvalue weighted by Gasteiger charge is -2.27. The monoisotopic (exact) mass is 336 g/mol. The normalized spacial score (nSPS) is 20.8. The number of allylic oxidation sites excluding steroid dienone is 4. The van der Waals surface area contributed by atoms with E-state index in [-0.39, 0.29) is 5.41 Å². The summed E-state index contributed by atoms with van der Waals surface area (Å²) in [5, 5.41) is 2.75. The van der Waals surface area contributed by atoms with Gasteiger partial charge in [-0.05, 0) is 71.7 Å². The van der Waals surface area contributed by atoms with Gasteiger partial charge in [0.1, 0.15) is 0 Å². The van der Waals surface area contributed by atoms with Gasteiger partial charge >= 0.3 is 0 Å². The molecule has 0 radical (unpaired) electrons. The summed E-state index contributed by atoms with van der Waals surface area (Å²) in [4.78, 5) is 0. The van der Waals surface area contributed by atoms with Gasteiger partial charge in [0.25, 0.3) is 0 Å². The lowest BCUT2D eigenvalue weighted by Crippen LogP contribution is -2.20. The van der Waals surface area contributed by atoms with Crippen molar-refractivity contribution in [3.63, 3.8) is 0 Å². The Morgan fingerprint density at radius 2 is 1.50 bits per heavy atom. The highest BCUT2D eigenvalue weighted by Crippen LogP contribution is 2.54. The molecule has 0 aromatic heterocycles. The van der Waals surface area contributed by atoms with E-state index in [1.807, 2.05) is 0 Å². The van der Waals surface area contributed by atoms with Crippen molar-refractivity contribution in [1.82, 2.24) is 0 Å². The zero-order valence-corrected chi connectivity index (χ0v) is 15.5. The molecule has 3 aromatic rings. The molecule has 0 N–H and O–H groups in total. The standard InChI is InChI=1S/C26H24/c1-18-12-13-22-23(16-18)26(14-8-4-3-5-9-15-26)24-17-19(2)20-10-6-7-11-21(20)25(22)24/h6-17H,3-5H2,1-2H3. The highest BCUT2D eigenvalue weighted by Gasteiger charge is 2.40. The van der Waals surface area contributed by atoms with Gasteiger partial charge in [0.05, 0.1) is 5.41 Å². The average Bonchev–Trinajstić information content (AvgIpc) is 2.88. The van der Waals surface area contributed by atoms with Gasteiger partial charge in [-0.3, -0.25) is 0 Å². The van der Waals surface area contributed by atoms with Gasteiger partial charge in [0.2, 0.25) is 0 Å². The summed E-state index contributed by atoms with van der Waals surface area (Å²) in [5.74, 6) is 0. The van der Waals surface area contributed by atoms with Gasteiger partial charge in [0, 0.05) is 0 Å². The molecular weight excluding hydrogens is 312 g/mol. The average molecular weight is 336 g/mol. The number of rotatable bonds is 0. The van der Waals surface area contributed by atoms with E-state index in [9.17, 15) is 0 Å². The predicted molar refractivity (Wildman–Crippen MR) is 112 cm³/mol. The number of aryl methyl sites for hydroxylation is 2. The minimum atomic E-state index is -0.119. The molecule has 2 aliphatic carbocycles. The fourth-order valence-electron chi connectivity index (χ4n) is 4.84. The van der Waals surface area contributed by atoms with Crippen LogP contribution in [-0.2, 0) is 5.41 Å². The summed E-state index contributed by atoms with van der Waals surface area (Å²) >= 11 is 0. The van der Waals surface area contributed by atoms with Crippen LogP contribution in [0, 0.1) is 13.8 Å². The molecule has 2 aliphatic rings. The first-order valence-electron chi connectivity index (χ1n) is 9.70. The van der Waals surface area contributed by atoms with E-state index < -0.39 is 0 Å². The number of hydrogen-bond donors (Lipinski definition) is 0. The second-order valence-electron chi connectivity index (χ2n) is 7.82. The Morgan fingerprint density at radius 1 is 0.769 bits per heavy atom. The third kappa shape index (κ3) is 2.08. The Hall–Kier alpha value is -2.60. The van der Waals surface area contributed by atoms with Crippen LogP contribution < -0.4 is 0 Å². The molecule has 0 amide bonds. The fraction of sp³-hybridized carbons (Fsp3) is 0.231. The van der Waals surface area contributed by atoms with Gasteiger partial charge < -0.3 is 0 Å². The highest BCUT2D eigenvalue weighted by molar-refractivity contribution is 6.04. The molecule has 0 saturated heterocycles. The molecule has 0 bridgehead atoms. The SMILES string of the molecule is Cc1ccc2c(c1)C1(C=CCCCC=C1)c1cc(C)c3ccccc3c1-2. The summed E-state index contributed by atoms with van der Waals surface area (Å²) in [5.41, 5.74) is 8.30. The van der Waals surface area contributed by atoms with Crippen LogP contribution in [0.3, 0.4) is 0 Å². The van der Waals surface area contributed by atoms with E-state index in [2.05, 4.69) is 86.7 Å². The minimum Gasteiger partial charge on any atom is -0.0870 e. The van der Waals surface area contributed by atoms with E-state index in [1.54, 1.807) is 0 Å². The van der Waals surface area contributed by atoms with Crippen molar-refractivity contribution in [1.29, 1.82) is 0 Å². The van der Waals surface area contributed by atoms with E-state index in [4.69, 9.17) is 0 Å². The van der Waals surface area contributed by atoms with Crippen LogP contribution in [0.25, 0.3) is 21.9 Å². The Morgan fingerprint density at radius 3 is 2.27 bits per heavy atom. The molecule has 0 atom stereocenters. The minimum absolute atomic E-state index is 0.119. The summed E-state index contributed by atoms with van der Waals surface area (Å²) in [6, 6.07) is 18.3. The van der Waals surface area contributed by atoms with Crippen molar-refractivity contribution in [3.8, 4) is 11.1 Å². The molecule has 0 heterocycles. The summed E-state index contributed by atoms with van der Waals surface area (Å²) < 4.78 is 0. The third-order valence-corrected chi connectivity index (χ3v) is 6.09. The van der Waals surface area contributed by atoms with Crippen LogP contribution in [0.1, 0.15) is 41.5 Å². The molecule has 5 rings (SSSR count). The molecule has 0 saturated carbocycles. The van der Waals surface area contributed by atoms with Crippen LogP contribution >= 0.6 is 0 Å². The maximum atomic E-state index is 2.46. The Bertz CT molecular complexity index is 1060. The summed E-state index contributed by atoms with van der Waals surface area (Å²) in [6.07, 6.45) is 13.3. The molecule has 0 fully saturated rings. The molecule has 1 spiro atoms. The molecule has 128 valence electrons. The molecular formula is C26H24. The maximum Gasteiger partial charge on any atom is 0.0575 e. The lowest BCUT2D eigenvalue weighted by molar-refractivity contribution is 0.782. The van der Waals surface area contributed by atoms with Crippen LogP contribution in [0.15, 0.2) is 72.8 Å². The van der Waals surface area contributed by atoms with Crippen molar-refractivity contribution in [3.05, 3.63) is 95.1 Å². The first kappa shape index (κ1) is 15.6. The molecule has 0 heteroatoms. The van der Waals surface area contributed by atoms with Gasteiger partial charge in [0.15, 0.2) is 0 Å². The van der Waals surface area contributed by atoms with Crippen molar-refractivity contribution < 1.29 is 0 Å². The van der Waals surface area contributed by atoms with Crippen molar-refractivity contribution in [2.24, 2.45) is 0 Å². The number of fused-ring (bicyclic) bond motifs is 7. The zero-order chi connectivity index (χ0) is 17.7. The third-order valence-electron chi connectivity index (χ3n) is 6.09. The first-order valence-corrected chi connectivity index (χ1v) is 9.70. The quantitative estimate of drug-likeness (QED) is 0.387. The van der Waals surface area contributed by atoms with E-state index >= 15 is 0 Å². The number of benzene rings is 3.